The topological polar surface area (TPSA) is 58.9 Å². The first-order valence-electron chi connectivity index (χ1n) is 10.1. The summed E-state index contributed by atoms with van der Waals surface area (Å²) in [5, 5.41) is 22.1. The maximum Gasteiger partial charge on any atom is 0.132 e. The molecule has 4 nitrogen and oxygen atoms in total. The van der Waals surface area contributed by atoms with Gasteiger partial charge in [0.2, 0.25) is 0 Å². The maximum atomic E-state index is 11.1. The lowest BCUT2D eigenvalue weighted by atomic mass is 9.64. The van der Waals surface area contributed by atoms with Crippen molar-refractivity contribution in [2.45, 2.75) is 89.9 Å². The standard InChI is InChI=1S/C23H34O4/c1-7-8-9-10-15-13-17(24)19-18(14-15)27-21(2,3)16-11-12-22(4,25)23(5,26-6)20(16)19/h13-14,24-25H,7-12H2,1-6H3/t22-,23+/m1/s1. The molecule has 2 aliphatic rings. The molecule has 3 rings (SSSR count). The average molecular weight is 375 g/mol. The van der Waals surface area contributed by atoms with E-state index in [-0.39, 0.29) is 5.75 Å². The van der Waals surface area contributed by atoms with Crippen molar-refractivity contribution in [2.75, 3.05) is 7.11 Å². The predicted octanol–water partition coefficient (Wildman–Crippen LogP) is 5.00. The summed E-state index contributed by atoms with van der Waals surface area (Å²) in [5.74, 6) is 0.897. The minimum absolute atomic E-state index is 0.211. The number of ether oxygens (including phenoxy) is 2. The molecule has 0 aromatic heterocycles. The first kappa shape index (κ1) is 20.2. The fourth-order valence-electron chi connectivity index (χ4n) is 4.65. The van der Waals surface area contributed by atoms with Crippen molar-refractivity contribution < 1.29 is 19.7 Å². The monoisotopic (exact) mass is 374 g/mol. The van der Waals surface area contributed by atoms with Gasteiger partial charge in [0.25, 0.3) is 0 Å². The van der Waals surface area contributed by atoms with Crippen molar-refractivity contribution >= 4 is 5.57 Å². The second-order valence-electron chi connectivity index (χ2n) is 8.92. The molecule has 0 bridgehead atoms. The number of phenols is 1. The van der Waals surface area contributed by atoms with Gasteiger partial charge in [0.15, 0.2) is 0 Å². The quantitative estimate of drug-likeness (QED) is 0.712. The summed E-state index contributed by atoms with van der Waals surface area (Å²) in [6.45, 7) is 10.0. The van der Waals surface area contributed by atoms with Crippen LogP contribution in [-0.4, -0.2) is 34.1 Å². The van der Waals surface area contributed by atoms with Crippen molar-refractivity contribution in [3.8, 4) is 11.5 Å². The highest BCUT2D eigenvalue weighted by molar-refractivity contribution is 5.86. The summed E-state index contributed by atoms with van der Waals surface area (Å²) in [4.78, 5) is 0. The van der Waals surface area contributed by atoms with Gasteiger partial charge in [-0.15, -0.1) is 0 Å². The minimum Gasteiger partial charge on any atom is -0.507 e. The summed E-state index contributed by atoms with van der Waals surface area (Å²) in [7, 11) is 1.63. The van der Waals surface area contributed by atoms with Crippen LogP contribution in [0.1, 0.15) is 77.8 Å². The van der Waals surface area contributed by atoms with Crippen LogP contribution in [0.2, 0.25) is 0 Å². The molecule has 1 aromatic rings. The van der Waals surface area contributed by atoms with Crippen molar-refractivity contribution in [1.82, 2.24) is 0 Å². The average Bonchev–Trinajstić information content (AvgIpc) is 2.57. The molecule has 0 spiro atoms. The fraction of sp³-hybridized carbons (Fsp3) is 0.652. The Bertz CT molecular complexity index is 760. The van der Waals surface area contributed by atoms with E-state index in [9.17, 15) is 10.2 Å². The SMILES string of the molecule is CCCCCc1cc(O)c2c(c1)OC(C)(C)C1=C2[C@](C)(OC)[C@](C)(O)CC1. The third-order valence-electron chi connectivity index (χ3n) is 6.63. The molecule has 0 radical (unpaired) electrons. The molecular formula is C23H34O4. The largest absolute Gasteiger partial charge is 0.507 e. The van der Waals surface area contributed by atoms with Crippen LogP contribution in [0.3, 0.4) is 0 Å². The Kier molecular flexibility index (Phi) is 5.11. The van der Waals surface area contributed by atoms with Crippen molar-refractivity contribution in [1.29, 1.82) is 0 Å². The molecule has 0 amide bonds. The molecule has 1 heterocycles. The molecule has 0 saturated carbocycles. The highest BCUT2D eigenvalue weighted by Crippen LogP contribution is 2.57. The molecule has 0 unspecified atom stereocenters. The second kappa shape index (κ2) is 6.82. The zero-order chi connectivity index (χ0) is 20.0. The van der Waals surface area contributed by atoms with E-state index < -0.39 is 16.8 Å². The number of aromatic hydroxyl groups is 1. The number of aliphatic hydroxyl groups is 1. The highest BCUT2D eigenvalue weighted by Gasteiger charge is 2.55. The number of benzene rings is 1. The number of hydrogen-bond acceptors (Lipinski definition) is 4. The first-order valence-corrected chi connectivity index (χ1v) is 10.1. The molecule has 1 aromatic carbocycles. The smallest absolute Gasteiger partial charge is 0.132 e. The molecule has 0 saturated heterocycles. The minimum atomic E-state index is -1.03. The Balaban J connectivity index is 2.18. The molecule has 2 N–H and O–H groups in total. The number of unbranched alkanes of at least 4 members (excludes halogenated alkanes) is 2. The van der Waals surface area contributed by atoms with Crippen LogP contribution in [0, 0.1) is 0 Å². The zero-order valence-electron chi connectivity index (χ0n) is 17.6. The van der Waals surface area contributed by atoms with E-state index in [0.29, 0.717) is 24.2 Å². The second-order valence-corrected chi connectivity index (χ2v) is 8.92. The van der Waals surface area contributed by atoms with Crippen LogP contribution in [-0.2, 0) is 11.2 Å². The molecule has 150 valence electrons. The summed E-state index contributed by atoms with van der Waals surface area (Å²) in [6, 6.07) is 3.90. The Hall–Kier alpha value is -1.52. The number of rotatable bonds is 5. The van der Waals surface area contributed by atoms with E-state index in [1.54, 1.807) is 7.11 Å². The van der Waals surface area contributed by atoms with Gasteiger partial charge in [0, 0.05) is 12.7 Å². The van der Waals surface area contributed by atoms with E-state index in [0.717, 1.165) is 36.0 Å². The lowest BCUT2D eigenvalue weighted by Gasteiger charge is -2.52. The van der Waals surface area contributed by atoms with E-state index >= 15 is 0 Å². The van der Waals surface area contributed by atoms with Crippen LogP contribution in [0.25, 0.3) is 5.57 Å². The maximum absolute atomic E-state index is 11.1. The van der Waals surface area contributed by atoms with E-state index in [1.807, 2.05) is 19.9 Å². The fourth-order valence-corrected chi connectivity index (χ4v) is 4.65. The van der Waals surface area contributed by atoms with Gasteiger partial charge >= 0.3 is 0 Å². The van der Waals surface area contributed by atoms with Crippen molar-refractivity contribution in [2.24, 2.45) is 0 Å². The van der Waals surface area contributed by atoms with Gasteiger partial charge in [-0.05, 0) is 76.6 Å². The lowest BCUT2D eigenvalue weighted by molar-refractivity contribution is -0.126. The van der Waals surface area contributed by atoms with Gasteiger partial charge in [-0.25, -0.2) is 0 Å². The van der Waals surface area contributed by atoms with Crippen LogP contribution in [0.15, 0.2) is 17.7 Å². The Morgan fingerprint density at radius 2 is 1.85 bits per heavy atom. The number of methoxy groups -OCH3 is 1. The van der Waals surface area contributed by atoms with Gasteiger partial charge in [0.1, 0.15) is 22.7 Å². The molecule has 4 heteroatoms. The Labute approximate surface area is 163 Å². The summed E-state index contributed by atoms with van der Waals surface area (Å²) >= 11 is 0. The highest BCUT2D eigenvalue weighted by atomic mass is 16.5. The van der Waals surface area contributed by atoms with Gasteiger partial charge in [0.05, 0.1) is 11.2 Å². The zero-order valence-corrected chi connectivity index (χ0v) is 17.6. The van der Waals surface area contributed by atoms with E-state index in [2.05, 4.69) is 26.8 Å². The molecular weight excluding hydrogens is 340 g/mol. The number of phenolic OH excluding ortho intramolecular Hbond substituents is 1. The number of aryl methyl sites for hydroxylation is 1. The summed E-state index contributed by atoms with van der Waals surface area (Å²) in [5.41, 5.74) is 1.28. The normalized spacial score (nSPS) is 29.1. The van der Waals surface area contributed by atoms with Crippen molar-refractivity contribution in [3.63, 3.8) is 0 Å². The van der Waals surface area contributed by atoms with Gasteiger partial charge in [-0.3, -0.25) is 0 Å². The molecule has 1 aliphatic heterocycles. The molecule has 0 fully saturated rings. The first-order chi connectivity index (χ1) is 12.6. The predicted molar refractivity (Wildman–Crippen MR) is 108 cm³/mol. The number of fused-ring (bicyclic) bond motifs is 2. The van der Waals surface area contributed by atoms with Crippen LogP contribution >= 0.6 is 0 Å². The van der Waals surface area contributed by atoms with Crippen LogP contribution < -0.4 is 4.74 Å². The van der Waals surface area contributed by atoms with Gasteiger partial charge in [-0.1, -0.05) is 19.8 Å². The molecule has 2 atom stereocenters. The van der Waals surface area contributed by atoms with Gasteiger partial charge in [-0.2, -0.15) is 0 Å². The van der Waals surface area contributed by atoms with E-state index in [1.165, 1.54) is 6.42 Å². The van der Waals surface area contributed by atoms with Crippen LogP contribution in [0.5, 0.6) is 11.5 Å². The molecule has 27 heavy (non-hydrogen) atoms. The third kappa shape index (κ3) is 3.17. The van der Waals surface area contributed by atoms with Crippen molar-refractivity contribution in [3.05, 3.63) is 28.8 Å². The number of hydrogen-bond donors (Lipinski definition) is 2. The lowest BCUT2D eigenvalue weighted by Crippen LogP contribution is -2.57. The van der Waals surface area contributed by atoms with Crippen LogP contribution in [0.4, 0.5) is 0 Å². The third-order valence-corrected chi connectivity index (χ3v) is 6.63. The summed E-state index contributed by atoms with van der Waals surface area (Å²) in [6.07, 6.45) is 5.65. The summed E-state index contributed by atoms with van der Waals surface area (Å²) < 4.78 is 12.3. The van der Waals surface area contributed by atoms with Gasteiger partial charge < -0.3 is 19.7 Å². The Morgan fingerprint density at radius 3 is 2.48 bits per heavy atom. The molecule has 1 aliphatic carbocycles. The van der Waals surface area contributed by atoms with E-state index in [4.69, 9.17) is 9.47 Å². The Morgan fingerprint density at radius 1 is 1.15 bits per heavy atom.